The number of carboxylic acids is 2. The summed E-state index contributed by atoms with van der Waals surface area (Å²) in [6.07, 6.45) is 7.72. The molecule has 1 N–H and O–H groups in total. The highest BCUT2D eigenvalue weighted by Gasteiger charge is 2.28. The number of benzene rings is 2. The molecular formula is C23H21ClN2O4S. The van der Waals surface area contributed by atoms with Gasteiger partial charge >= 0.3 is 0 Å². The van der Waals surface area contributed by atoms with E-state index in [0.717, 1.165) is 11.4 Å². The van der Waals surface area contributed by atoms with Gasteiger partial charge in [0.15, 0.2) is 12.4 Å². The van der Waals surface area contributed by atoms with Gasteiger partial charge in [0, 0.05) is 28.8 Å². The minimum absolute atomic E-state index is 0.384. The first-order valence-corrected chi connectivity index (χ1v) is 10.9. The lowest BCUT2D eigenvalue weighted by Crippen LogP contribution is -3.05. The summed E-state index contributed by atoms with van der Waals surface area (Å²) >= 11 is 8.05. The van der Waals surface area contributed by atoms with Gasteiger partial charge in [0.05, 0.1) is 36.0 Å². The molecule has 0 radical (unpaired) electrons. The third kappa shape index (κ3) is 6.30. The SMILES string of the molecule is C[NH+]1C=C([N+]2=Cc3ccccc3Sc3cc(Cl)ccc32)CCC1.O=C([O-])/C=C/C(=O)[O-]. The Morgan fingerprint density at radius 3 is 2.48 bits per heavy atom. The highest BCUT2D eigenvalue weighted by Crippen LogP contribution is 2.41. The van der Waals surface area contributed by atoms with Crippen LogP contribution in [0, 0.1) is 0 Å². The Bertz CT molecular complexity index is 1080. The molecule has 1 unspecified atom stereocenters. The Kier molecular flexibility index (Phi) is 7.68. The third-order valence-electron chi connectivity index (χ3n) is 4.67. The van der Waals surface area contributed by atoms with Gasteiger partial charge in [-0.3, -0.25) is 0 Å². The van der Waals surface area contributed by atoms with Crippen LogP contribution in [0.4, 0.5) is 5.69 Å². The number of quaternary nitrogens is 1. The van der Waals surface area contributed by atoms with E-state index in [-0.39, 0.29) is 0 Å². The largest absolute Gasteiger partial charge is 0.545 e. The van der Waals surface area contributed by atoms with Crippen LogP contribution < -0.4 is 15.1 Å². The molecule has 6 nitrogen and oxygen atoms in total. The van der Waals surface area contributed by atoms with Crippen LogP contribution in [0.2, 0.25) is 5.02 Å². The standard InChI is InChI=1S/C19H18ClN2S.C4H4O4/c1-21-10-4-6-16(13-21)22-12-14-5-2-3-7-18(14)23-19-11-15(20)8-9-17(19)22;5-3(6)1-2-4(7)8/h2-3,5,7-9,11-13H,4,6,10H2,1H3;1-2H,(H,5,6)(H,7,8)/q+1;/p-1/b;2-1+. The van der Waals surface area contributed by atoms with E-state index in [1.807, 2.05) is 6.07 Å². The number of fused-ring (bicyclic) bond motifs is 2. The summed E-state index contributed by atoms with van der Waals surface area (Å²) in [6.45, 7) is 1.20. The molecule has 0 fully saturated rings. The molecule has 0 bridgehead atoms. The summed E-state index contributed by atoms with van der Waals surface area (Å²) in [5.74, 6) is -3.09. The molecule has 0 amide bonds. The Labute approximate surface area is 189 Å². The Morgan fingerprint density at radius 1 is 1.10 bits per heavy atom. The number of halogens is 1. The van der Waals surface area contributed by atoms with Crippen molar-refractivity contribution in [1.29, 1.82) is 0 Å². The van der Waals surface area contributed by atoms with Crippen LogP contribution in [0.25, 0.3) is 0 Å². The topological polar surface area (TPSA) is 87.7 Å². The van der Waals surface area contributed by atoms with E-state index < -0.39 is 11.9 Å². The average molecular weight is 457 g/mol. The van der Waals surface area contributed by atoms with Gasteiger partial charge in [0.2, 0.25) is 11.4 Å². The number of hydrogen-bond acceptors (Lipinski definition) is 5. The van der Waals surface area contributed by atoms with Gasteiger partial charge in [-0.25, -0.2) is 0 Å². The molecule has 1 atom stereocenters. The maximum atomic E-state index is 9.41. The molecule has 31 heavy (non-hydrogen) atoms. The van der Waals surface area contributed by atoms with E-state index in [4.69, 9.17) is 11.6 Å². The summed E-state index contributed by atoms with van der Waals surface area (Å²) in [7, 11) is 2.22. The monoisotopic (exact) mass is 456 g/mol. The van der Waals surface area contributed by atoms with Crippen molar-refractivity contribution in [1.82, 2.24) is 0 Å². The predicted molar refractivity (Wildman–Crippen MR) is 115 cm³/mol. The number of carboxylic acid groups (broad SMARTS) is 2. The lowest BCUT2D eigenvalue weighted by molar-refractivity contribution is -0.830. The number of aliphatic carboxylic acids is 2. The van der Waals surface area contributed by atoms with Crippen LogP contribution in [0.5, 0.6) is 0 Å². The second-order valence-electron chi connectivity index (χ2n) is 7.06. The molecule has 8 heteroatoms. The van der Waals surface area contributed by atoms with Crippen LogP contribution in [-0.2, 0) is 9.59 Å². The molecule has 2 heterocycles. The number of hydrogen-bond donors (Lipinski definition) is 1. The van der Waals surface area contributed by atoms with Gasteiger partial charge in [-0.15, -0.1) is 0 Å². The van der Waals surface area contributed by atoms with Gasteiger partial charge in [0.1, 0.15) is 0 Å². The van der Waals surface area contributed by atoms with Crippen molar-refractivity contribution in [2.45, 2.75) is 22.6 Å². The number of allylic oxidation sites excluding steroid dienone is 1. The Morgan fingerprint density at radius 2 is 1.81 bits per heavy atom. The van der Waals surface area contributed by atoms with Crippen molar-refractivity contribution >= 4 is 47.2 Å². The molecule has 2 aromatic rings. The molecule has 0 saturated heterocycles. The number of carbonyl (C=O) groups excluding carboxylic acids is 2. The third-order valence-corrected chi connectivity index (χ3v) is 6.04. The van der Waals surface area contributed by atoms with Crippen molar-refractivity contribution in [3.8, 4) is 0 Å². The van der Waals surface area contributed by atoms with Crippen LogP contribution in [0.1, 0.15) is 18.4 Å². The fourth-order valence-corrected chi connectivity index (χ4v) is 4.63. The number of rotatable bonds is 3. The number of nitrogens with zero attached hydrogens (tertiary/aromatic N) is 1. The van der Waals surface area contributed by atoms with Crippen molar-refractivity contribution in [2.75, 3.05) is 13.6 Å². The molecule has 4 rings (SSSR count). The first-order valence-electron chi connectivity index (χ1n) is 9.67. The Balaban J connectivity index is 0.000000293. The van der Waals surface area contributed by atoms with Crippen molar-refractivity contribution in [3.63, 3.8) is 0 Å². The highest BCUT2D eigenvalue weighted by molar-refractivity contribution is 7.99. The molecule has 2 aliphatic heterocycles. The fourth-order valence-electron chi connectivity index (χ4n) is 3.32. The maximum absolute atomic E-state index is 9.41. The van der Waals surface area contributed by atoms with E-state index in [2.05, 4.69) is 60.4 Å². The van der Waals surface area contributed by atoms with E-state index in [1.54, 1.807) is 11.8 Å². The van der Waals surface area contributed by atoms with Gasteiger partial charge in [-0.05, 0) is 36.4 Å². The molecule has 0 aromatic heterocycles. The second kappa shape index (κ2) is 10.4. The van der Waals surface area contributed by atoms with Crippen LogP contribution >= 0.6 is 23.4 Å². The Hall–Kier alpha value is -2.87. The van der Waals surface area contributed by atoms with E-state index in [1.165, 1.54) is 44.6 Å². The van der Waals surface area contributed by atoms with Crippen LogP contribution in [0.15, 0.2) is 76.3 Å². The highest BCUT2D eigenvalue weighted by atomic mass is 35.5. The normalized spacial score (nSPS) is 17.3. The second-order valence-corrected chi connectivity index (χ2v) is 8.58. The van der Waals surface area contributed by atoms with Crippen molar-refractivity contribution in [3.05, 3.63) is 77.1 Å². The van der Waals surface area contributed by atoms with E-state index in [9.17, 15) is 19.8 Å². The average Bonchev–Trinajstić information content (AvgIpc) is 2.89. The molecule has 2 aliphatic rings. The van der Waals surface area contributed by atoms with Crippen LogP contribution in [-0.4, -0.2) is 36.3 Å². The zero-order chi connectivity index (χ0) is 22.4. The lowest BCUT2D eigenvalue weighted by atomic mass is 10.1. The zero-order valence-electron chi connectivity index (χ0n) is 16.8. The van der Waals surface area contributed by atoms with Gasteiger partial charge in [0.25, 0.3) is 0 Å². The number of nitrogens with one attached hydrogen (secondary N) is 1. The summed E-state index contributed by atoms with van der Waals surface area (Å²) in [4.78, 5) is 22.8. The van der Waals surface area contributed by atoms with Gasteiger partial charge in [-0.2, -0.15) is 4.58 Å². The summed E-state index contributed by atoms with van der Waals surface area (Å²) in [6, 6.07) is 14.8. The predicted octanol–water partition coefficient (Wildman–Crippen LogP) is 0.760. The first-order chi connectivity index (χ1) is 14.8. The summed E-state index contributed by atoms with van der Waals surface area (Å²) in [5, 5.41) is 19.6. The first kappa shape index (κ1) is 22.8. The summed E-state index contributed by atoms with van der Waals surface area (Å²) < 4.78 is 2.35. The van der Waals surface area contributed by atoms with Crippen LogP contribution in [0.3, 0.4) is 0 Å². The quantitative estimate of drug-likeness (QED) is 0.544. The summed E-state index contributed by atoms with van der Waals surface area (Å²) in [5.41, 5.74) is 3.85. The van der Waals surface area contributed by atoms with Crippen molar-refractivity contribution < 1.29 is 29.3 Å². The molecule has 0 spiro atoms. The molecule has 0 aliphatic carbocycles. The van der Waals surface area contributed by atoms with Gasteiger partial charge < -0.3 is 24.7 Å². The minimum Gasteiger partial charge on any atom is -0.545 e. The molecule has 0 saturated carbocycles. The smallest absolute Gasteiger partial charge is 0.240 e. The molecular weight excluding hydrogens is 436 g/mol. The zero-order valence-corrected chi connectivity index (χ0v) is 18.4. The van der Waals surface area contributed by atoms with E-state index in [0.29, 0.717) is 12.2 Å². The lowest BCUT2D eigenvalue weighted by Gasteiger charge is -2.15. The maximum Gasteiger partial charge on any atom is 0.240 e. The minimum atomic E-state index is -1.55. The fraction of sp³-hybridized carbons (Fsp3) is 0.174. The molecule has 160 valence electrons. The number of carbonyl (C=O) groups is 2. The van der Waals surface area contributed by atoms with E-state index >= 15 is 0 Å². The molecule has 2 aromatic carbocycles. The van der Waals surface area contributed by atoms with Crippen molar-refractivity contribution in [2.24, 2.45) is 0 Å². The van der Waals surface area contributed by atoms with Gasteiger partial charge in [-0.1, -0.05) is 35.5 Å².